The monoisotopic (exact) mass is 325 g/mol. The van der Waals surface area contributed by atoms with Crippen LogP contribution in [0.15, 0.2) is 46.9 Å². The van der Waals surface area contributed by atoms with E-state index < -0.39 is 0 Å². The Morgan fingerprint density at radius 2 is 1.89 bits per heavy atom. The van der Waals surface area contributed by atoms with Gasteiger partial charge in [0.1, 0.15) is 5.75 Å². The van der Waals surface area contributed by atoms with Gasteiger partial charge in [0.25, 0.3) is 0 Å². The van der Waals surface area contributed by atoms with E-state index in [-0.39, 0.29) is 0 Å². The first-order valence-electron chi connectivity index (χ1n) is 5.51. The molecule has 4 heteroatoms. The van der Waals surface area contributed by atoms with Crippen LogP contribution in [-0.4, -0.2) is 7.11 Å². The molecule has 0 heterocycles. The minimum Gasteiger partial charge on any atom is -0.495 e. The molecule has 0 aliphatic heterocycles. The molecule has 0 amide bonds. The first kappa shape index (κ1) is 13.2. The average Bonchev–Trinajstić information content (AvgIpc) is 2.39. The molecule has 0 atom stereocenters. The predicted molar refractivity (Wildman–Crippen MR) is 79.5 cm³/mol. The van der Waals surface area contributed by atoms with Gasteiger partial charge < -0.3 is 10.1 Å². The van der Waals surface area contributed by atoms with Crippen LogP contribution in [0.1, 0.15) is 5.56 Å². The molecule has 0 fully saturated rings. The third-order valence-electron chi connectivity index (χ3n) is 2.56. The van der Waals surface area contributed by atoms with E-state index in [0.29, 0.717) is 10.8 Å². The van der Waals surface area contributed by atoms with Crippen molar-refractivity contribution in [1.29, 1.82) is 0 Å². The van der Waals surface area contributed by atoms with Crippen LogP contribution in [0.3, 0.4) is 0 Å². The minimum absolute atomic E-state index is 0.617. The Hall–Kier alpha value is -1.19. The molecular formula is C14H13BrClNO. The fraction of sp³-hybridized carbons (Fsp3) is 0.143. The van der Waals surface area contributed by atoms with E-state index in [9.17, 15) is 0 Å². The molecule has 0 radical (unpaired) electrons. The number of rotatable bonds is 4. The summed E-state index contributed by atoms with van der Waals surface area (Å²) in [6, 6.07) is 13.8. The largest absolute Gasteiger partial charge is 0.495 e. The van der Waals surface area contributed by atoms with E-state index in [1.807, 2.05) is 30.3 Å². The van der Waals surface area contributed by atoms with Gasteiger partial charge >= 0.3 is 0 Å². The van der Waals surface area contributed by atoms with Crippen LogP contribution in [0, 0.1) is 0 Å². The summed E-state index contributed by atoms with van der Waals surface area (Å²) in [4.78, 5) is 0. The number of methoxy groups -OCH3 is 1. The summed E-state index contributed by atoms with van der Waals surface area (Å²) in [5.74, 6) is 0.678. The van der Waals surface area contributed by atoms with Gasteiger partial charge in [-0.25, -0.2) is 0 Å². The Balaban J connectivity index is 2.04. The molecule has 0 saturated carbocycles. The van der Waals surface area contributed by atoms with Crippen LogP contribution >= 0.6 is 27.5 Å². The van der Waals surface area contributed by atoms with Gasteiger partial charge in [-0.2, -0.15) is 0 Å². The van der Waals surface area contributed by atoms with Gasteiger partial charge in [-0.15, -0.1) is 0 Å². The van der Waals surface area contributed by atoms with Crippen molar-refractivity contribution in [3.8, 4) is 5.75 Å². The second kappa shape index (κ2) is 6.12. The SMILES string of the molecule is COc1cc(NCc2ccc(Br)cc2)ccc1Cl. The summed E-state index contributed by atoms with van der Waals surface area (Å²) in [6.07, 6.45) is 0. The number of halogens is 2. The Kier molecular flexibility index (Phi) is 4.50. The molecular weight excluding hydrogens is 314 g/mol. The Morgan fingerprint density at radius 3 is 2.56 bits per heavy atom. The predicted octanol–water partition coefficient (Wildman–Crippen LogP) is 4.72. The summed E-state index contributed by atoms with van der Waals surface area (Å²) in [7, 11) is 1.61. The number of nitrogens with one attached hydrogen (secondary N) is 1. The molecule has 0 spiro atoms. The third-order valence-corrected chi connectivity index (χ3v) is 3.40. The molecule has 0 saturated heterocycles. The standard InChI is InChI=1S/C14H13BrClNO/c1-18-14-8-12(6-7-13(14)16)17-9-10-2-4-11(15)5-3-10/h2-8,17H,9H2,1H3. The Morgan fingerprint density at radius 1 is 1.17 bits per heavy atom. The van der Waals surface area contributed by atoms with Crippen molar-refractivity contribution >= 4 is 33.2 Å². The van der Waals surface area contributed by atoms with Gasteiger partial charge in [-0.05, 0) is 29.8 Å². The maximum absolute atomic E-state index is 5.97. The molecule has 18 heavy (non-hydrogen) atoms. The van der Waals surface area contributed by atoms with Gasteiger partial charge in [-0.3, -0.25) is 0 Å². The topological polar surface area (TPSA) is 21.3 Å². The highest BCUT2D eigenvalue weighted by Gasteiger charge is 2.01. The Labute approximate surface area is 120 Å². The van der Waals surface area contributed by atoms with E-state index in [4.69, 9.17) is 16.3 Å². The van der Waals surface area contributed by atoms with Gasteiger partial charge in [0, 0.05) is 22.8 Å². The van der Waals surface area contributed by atoms with Crippen LogP contribution in [0.4, 0.5) is 5.69 Å². The minimum atomic E-state index is 0.617. The zero-order valence-corrected chi connectivity index (χ0v) is 12.3. The quantitative estimate of drug-likeness (QED) is 0.877. The van der Waals surface area contributed by atoms with Gasteiger partial charge in [-0.1, -0.05) is 39.7 Å². The van der Waals surface area contributed by atoms with E-state index in [2.05, 4.69) is 33.4 Å². The molecule has 0 unspecified atom stereocenters. The molecule has 2 aromatic rings. The fourth-order valence-electron chi connectivity index (χ4n) is 1.58. The summed E-state index contributed by atoms with van der Waals surface area (Å²) >= 11 is 9.39. The van der Waals surface area contributed by atoms with Crippen molar-refractivity contribution < 1.29 is 4.74 Å². The molecule has 2 nitrogen and oxygen atoms in total. The molecule has 2 aromatic carbocycles. The second-order valence-corrected chi connectivity index (χ2v) is 5.15. The lowest BCUT2D eigenvalue weighted by atomic mass is 10.2. The van der Waals surface area contributed by atoms with Crippen molar-refractivity contribution in [3.63, 3.8) is 0 Å². The highest BCUT2D eigenvalue weighted by Crippen LogP contribution is 2.27. The second-order valence-electron chi connectivity index (χ2n) is 3.83. The van der Waals surface area contributed by atoms with E-state index in [0.717, 1.165) is 16.7 Å². The molecule has 0 aromatic heterocycles. The third kappa shape index (κ3) is 3.40. The summed E-state index contributed by atoms with van der Waals surface area (Å²) < 4.78 is 6.26. The number of benzene rings is 2. The lowest BCUT2D eigenvalue weighted by molar-refractivity contribution is 0.415. The lowest BCUT2D eigenvalue weighted by Gasteiger charge is -2.09. The normalized spacial score (nSPS) is 10.2. The first-order chi connectivity index (χ1) is 8.69. The van der Waals surface area contributed by atoms with Crippen LogP contribution in [0.5, 0.6) is 5.75 Å². The zero-order valence-electron chi connectivity index (χ0n) is 9.91. The molecule has 0 aliphatic rings. The van der Waals surface area contributed by atoms with Crippen molar-refractivity contribution in [2.45, 2.75) is 6.54 Å². The summed E-state index contributed by atoms with van der Waals surface area (Å²) in [5.41, 5.74) is 2.20. The number of hydrogen-bond acceptors (Lipinski definition) is 2. The lowest BCUT2D eigenvalue weighted by Crippen LogP contribution is -1.99. The summed E-state index contributed by atoms with van der Waals surface area (Å²) in [6.45, 7) is 0.762. The van der Waals surface area contributed by atoms with Gasteiger partial charge in [0.15, 0.2) is 0 Å². The molecule has 0 aliphatic carbocycles. The molecule has 0 bridgehead atoms. The van der Waals surface area contributed by atoms with Crippen LogP contribution < -0.4 is 10.1 Å². The van der Waals surface area contributed by atoms with E-state index in [1.165, 1.54) is 5.56 Å². The van der Waals surface area contributed by atoms with Crippen LogP contribution in [0.25, 0.3) is 0 Å². The van der Waals surface area contributed by atoms with Crippen LogP contribution in [0.2, 0.25) is 5.02 Å². The highest BCUT2D eigenvalue weighted by atomic mass is 79.9. The number of anilines is 1. The van der Waals surface area contributed by atoms with Crippen molar-refractivity contribution in [3.05, 3.63) is 57.5 Å². The Bertz CT molecular complexity index is 528. The fourth-order valence-corrected chi connectivity index (χ4v) is 2.04. The van der Waals surface area contributed by atoms with Crippen molar-refractivity contribution in [1.82, 2.24) is 0 Å². The zero-order chi connectivity index (χ0) is 13.0. The highest BCUT2D eigenvalue weighted by molar-refractivity contribution is 9.10. The maximum Gasteiger partial charge on any atom is 0.139 e. The first-order valence-corrected chi connectivity index (χ1v) is 6.68. The number of ether oxygens (including phenoxy) is 1. The smallest absolute Gasteiger partial charge is 0.139 e. The van der Waals surface area contributed by atoms with Crippen molar-refractivity contribution in [2.75, 3.05) is 12.4 Å². The van der Waals surface area contributed by atoms with Gasteiger partial charge in [0.05, 0.1) is 12.1 Å². The maximum atomic E-state index is 5.97. The summed E-state index contributed by atoms with van der Waals surface area (Å²) in [5, 5.41) is 3.95. The van der Waals surface area contributed by atoms with E-state index in [1.54, 1.807) is 7.11 Å². The molecule has 94 valence electrons. The molecule has 1 N–H and O–H groups in total. The van der Waals surface area contributed by atoms with Gasteiger partial charge in [0.2, 0.25) is 0 Å². The number of hydrogen-bond donors (Lipinski definition) is 1. The van der Waals surface area contributed by atoms with Crippen LogP contribution in [-0.2, 0) is 6.54 Å². The average molecular weight is 327 g/mol. The molecule has 2 rings (SSSR count). The van der Waals surface area contributed by atoms with E-state index >= 15 is 0 Å². The van der Waals surface area contributed by atoms with Crippen molar-refractivity contribution in [2.24, 2.45) is 0 Å².